The number of nitrogens with one attached hydrogen (secondary N) is 1. The fraction of sp³-hybridized carbons (Fsp3) is 0.714. The fourth-order valence-corrected chi connectivity index (χ4v) is 2.62. The molecule has 18 heavy (non-hydrogen) atoms. The maximum atomic E-state index is 4.51. The van der Waals surface area contributed by atoms with E-state index in [-0.39, 0.29) is 0 Å². The Morgan fingerprint density at radius 2 is 2.00 bits per heavy atom. The minimum absolute atomic E-state index is 0.513. The van der Waals surface area contributed by atoms with E-state index in [1.165, 1.54) is 25.7 Å². The van der Waals surface area contributed by atoms with Gasteiger partial charge in [-0.2, -0.15) is 4.98 Å². The molecule has 1 aliphatic carbocycles. The highest BCUT2D eigenvalue weighted by Gasteiger charge is 2.29. The second-order valence-corrected chi connectivity index (χ2v) is 5.99. The van der Waals surface area contributed by atoms with Crippen LogP contribution >= 0.6 is 0 Å². The maximum Gasteiger partial charge on any atom is 0.224 e. The Kier molecular flexibility index (Phi) is 3.73. The number of hydrogen-bond donors (Lipinski definition) is 1. The van der Waals surface area contributed by atoms with Crippen LogP contribution < -0.4 is 10.2 Å². The van der Waals surface area contributed by atoms with Crippen molar-refractivity contribution in [1.29, 1.82) is 0 Å². The van der Waals surface area contributed by atoms with Crippen molar-refractivity contribution in [1.82, 2.24) is 9.97 Å². The van der Waals surface area contributed by atoms with Crippen molar-refractivity contribution < 1.29 is 0 Å². The van der Waals surface area contributed by atoms with Gasteiger partial charge in [0.15, 0.2) is 0 Å². The predicted molar refractivity (Wildman–Crippen MR) is 76.0 cm³/mol. The lowest BCUT2D eigenvalue weighted by molar-refractivity contribution is 0.222. The van der Waals surface area contributed by atoms with Crippen molar-refractivity contribution in [2.24, 2.45) is 5.41 Å². The summed E-state index contributed by atoms with van der Waals surface area (Å²) >= 11 is 0. The zero-order valence-electron chi connectivity index (χ0n) is 11.9. The van der Waals surface area contributed by atoms with Gasteiger partial charge in [-0.15, -0.1) is 0 Å². The standard InChI is InChI=1S/C14H24N4/c1-14(2)8-5-11(6-9-14)18(4)12-7-10-16-13(15-3)17-12/h7,10-11H,5-6,8-9H2,1-4H3,(H,15,16,17). The second-order valence-electron chi connectivity index (χ2n) is 5.99. The highest BCUT2D eigenvalue weighted by atomic mass is 15.2. The van der Waals surface area contributed by atoms with Gasteiger partial charge in [0, 0.05) is 26.3 Å². The first-order chi connectivity index (χ1) is 8.52. The van der Waals surface area contributed by atoms with Crippen molar-refractivity contribution in [2.45, 2.75) is 45.6 Å². The molecule has 1 aliphatic rings. The average Bonchev–Trinajstić information content (AvgIpc) is 2.38. The third-order valence-electron chi connectivity index (χ3n) is 4.08. The highest BCUT2D eigenvalue weighted by molar-refractivity contribution is 5.42. The molecule has 0 bridgehead atoms. The van der Waals surface area contributed by atoms with Gasteiger partial charge in [-0.25, -0.2) is 4.98 Å². The Hall–Kier alpha value is -1.32. The number of aromatic nitrogens is 2. The van der Waals surface area contributed by atoms with Crippen LogP contribution in [0.5, 0.6) is 0 Å². The van der Waals surface area contributed by atoms with Crippen molar-refractivity contribution in [3.63, 3.8) is 0 Å². The summed E-state index contributed by atoms with van der Waals surface area (Å²) in [7, 11) is 3.99. The van der Waals surface area contributed by atoms with E-state index < -0.39 is 0 Å². The van der Waals surface area contributed by atoms with Crippen LogP contribution in [0.2, 0.25) is 0 Å². The first kappa shape index (κ1) is 13.1. The summed E-state index contributed by atoms with van der Waals surface area (Å²) in [6, 6.07) is 2.60. The van der Waals surface area contributed by atoms with Gasteiger partial charge in [0.25, 0.3) is 0 Å². The van der Waals surface area contributed by atoms with Crippen LogP contribution in [0.1, 0.15) is 39.5 Å². The van der Waals surface area contributed by atoms with Gasteiger partial charge in [0.05, 0.1) is 0 Å². The van der Waals surface area contributed by atoms with Crippen LogP contribution in [0.15, 0.2) is 12.3 Å². The van der Waals surface area contributed by atoms with Gasteiger partial charge in [-0.05, 0) is 37.2 Å². The minimum Gasteiger partial charge on any atom is -0.357 e. The van der Waals surface area contributed by atoms with E-state index in [9.17, 15) is 0 Å². The lowest BCUT2D eigenvalue weighted by atomic mass is 9.75. The van der Waals surface area contributed by atoms with Crippen molar-refractivity contribution in [2.75, 3.05) is 24.3 Å². The monoisotopic (exact) mass is 248 g/mol. The number of hydrogen-bond acceptors (Lipinski definition) is 4. The van der Waals surface area contributed by atoms with Crippen molar-refractivity contribution >= 4 is 11.8 Å². The van der Waals surface area contributed by atoms with E-state index in [4.69, 9.17) is 0 Å². The van der Waals surface area contributed by atoms with Gasteiger partial charge < -0.3 is 10.2 Å². The first-order valence-electron chi connectivity index (χ1n) is 6.75. The molecule has 1 aromatic rings. The van der Waals surface area contributed by atoms with Crippen molar-refractivity contribution in [3.8, 4) is 0 Å². The smallest absolute Gasteiger partial charge is 0.224 e. The van der Waals surface area contributed by atoms with E-state index in [0.29, 0.717) is 17.4 Å². The predicted octanol–water partition coefficient (Wildman–Crippen LogP) is 2.92. The average molecular weight is 248 g/mol. The molecule has 1 saturated carbocycles. The maximum absolute atomic E-state index is 4.51. The summed E-state index contributed by atoms with van der Waals surface area (Å²) < 4.78 is 0. The molecule has 0 saturated heterocycles. The lowest BCUT2D eigenvalue weighted by Crippen LogP contribution is -2.37. The van der Waals surface area contributed by atoms with Crippen molar-refractivity contribution in [3.05, 3.63) is 12.3 Å². The van der Waals surface area contributed by atoms with E-state index in [1.807, 2.05) is 19.3 Å². The molecule has 0 aromatic carbocycles. The van der Waals surface area contributed by atoms with Gasteiger partial charge >= 0.3 is 0 Å². The second kappa shape index (κ2) is 5.12. The normalized spacial score (nSPS) is 19.6. The molecule has 2 rings (SSSR count). The third kappa shape index (κ3) is 2.92. The molecular weight excluding hydrogens is 224 g/mol. The lowest BCUT2D eigenvalue weighted by Gasteiger charge is -2.39. The summed E-state index contributed by atoms with van der Waals surface area (Å²) in [6.45, 7) is 4.74. The SMILES string of the molecule is CNc1nccc(N(C)C2CCC(C)(C)CC2)n1. The third-order valence-corrected chi connectivity index (χ3v) is 4.08. The Labute approximate surface area is 110 Å². The van der Waals surface area contributed by atoms with Crippen LogP contribution in [0, 0.1) is 5.41 Å². The minimum atomic E-state index is 0.513. The number of anilines is 2. The van der Waals surface area contributed by atoms with Crippen LogP contribution in [0.25, 0.3) is 0 Å². The number of rotatable bonds is 3. The molecule has 1 heterocycles. The molecule has 0 atom stereocenters. The Morgan fingerprint density at radius 3 is 2.61 bits per heavy atom. The molecule has 4 heteroatoms. The zero-order chi connectivity index (χ0) is 13.2. The van der Waals surface area contributed by atoms with Crippen LogP contribution in [-0.4, -0.2) is 30.1 Å². The van der Waals surface area contributed by atoms with Crippen LogP contribution in [0.4, 0.5) is 11.8 Å². The molecule has 4 nitrogen and oxygen atoms in total. The van der Waals surface area contributed by atoms with Crippen LogP contribution in [0.3, 0.4) is 0 Å². The molecular formula is C14H24N4. The molecule has 0 spiro atoms. The number of nitrogens with zero attached hydrogens (tertiary/aromatic N) is 3. The fourth-order valence-electron chi connectivity index (χ4n) is 2.62. The first-order valence-corrected chi connectivity index (χ1v) is 6.75. The molecule has 100 valence electrons. The molecule has 0 amide bonds. The van der Waals surface area contributed by atoms with Gasteiger partial charge in [-0.1, -0.05) is 13.8 Å². The largest absolute Gasteiger partial charge is 0.357 e. The van der Waals surface area contributed by atoms with Crippen LogP contribution in [-0.2, 0) is 0 Å². The summed E-state index contributed by atoms with van der Waals surface area (Å²) in [5.41, 5.74) is 0.513. The zero-order valence-corrected chi connectivity index (χ0v) is 11.9. The Balaban J connectivity index is 2.05. The Bertz CT molecular complexity index is 393. The van der Waals surface area contributed by atoms with E-state index in [0.717, 1.165) is 5.82 Å². The molecule has 0 radical (unpaired) electrons. The molecule has 1 N–H and O–H groups in total. The molecule has 1 fully saturated rings. The highest BCUT2D eigenvalue weighted by Crippen LogP contribution is 2.37. The quantitative estimate of drug-likeness (QED) is 0.893. The van der Waals surface area contributed by atoms with E-state index in [1.54, 1.807) is 0 Å². The summed E-state index contributed by atoms with van der Waals surface area (Å²) in [4.78, 5) is 11.0. The molecule has 1 aromatic heterocycles. The van der Waals surface area contributed by atoms with E-state index >= 15 is 0 Å². The topological polar surface area (TPSA) is 41.1 Å². The molecule has 0 aliphatic heterocycles. The molecule has 0 unspecified atom stereocenters. The van der Waals surface area contributed by atoms with Gasteiger partial charge in [0.1, 0.15) is 5.82 Å². The Morgan fingerprint density at radius 1 is 1.33 bits per heavy atom. The van der Waals surface area contributed by atoms with Gasteiger partial charge in [0.2, 0.25) is 5.95 Å². The summed E-state index contributed by atoms with van der Waals surface area (Å²) in [5.74, 6) is 1.70. The van der Waals surface area contributed by atoms with Gasteiger partial charge in [-0.3, -0.25) is 0 Å². The van der Waals surface area contributed by atoms with E-state index in [2.05, 4.69) is 41.1 Å². The summed E-state index contributed by atoms with van der Waals surface area (Å²) in [6.07, 6.45) is 6.92. The summed E-state index contributed by atoms with van der Waals surface area (Å²) in [5, 5.41) is 2.99.